The Hall–Kier alpha value is -2.54. The molecule has 2 heterocycles. The molecule has 0 aliphatic heterocycles. The Balaban J connectivity index is 1.59. The summed E-state index contributed by atoms with van der Waals surface area (Å²) in [6.45, 7) is 2.41. The molecule has 4 rings (SSSR count). The van der Waals surface area contributed by atoms with E-state index in [1.807, 2.05) is 36.6 Å². The number of hydrogen-bond acceptors (Lipinski definition) is 4. The van der Waals surface area contributed by atoms with E-state index in [0.29, 0.717) is 27.6 Å². The molecule has 0 amide bonds. The van der Waals surface area contributed by atoms with E-state index in [-0.39, 0.29) is 17.4 Å². The van der Waals surface area contributed by atoms with E-state index < -0.39 is 0 Å². The molecule has 0 fully saturated rings. The number of fused-ring (bicyclic) bond motifs is 1. The lowest BCUT2D eigenvalue weighted by atomic mass is 10.1. The van der Waals surface area contributed by atoms with E-state index in [4.69, 9.17) is 11.6 Å². The van der Waals surface area contributed by atoms with E-state index >= 15 is 0 Å². The van der Waals surface area contributed by atoms with Crippen molar-refractivity contribution in [3.8, 4) is 11.1 Å². The molecule has 28 heavy (non-hydrogen) atoms. The number of aromatic amines is 1. The minimum Gasteiger partial charge on any atom is -0.309 e. The summed E-state index contributed by atoms with van der Waals surface area (Å²) < 4.78 is 13.2. The molecule has 0 saturated heterocycles. The van der Waals surface area contributed by atoms with Crippen molar-refractivity contribution in [3.05, 3.63) is 86.5 Å². The highest BCUT2D eigenvalue weighted by Gasteiger charge is 2.14. The van der Waals surface area contributed by atoms with Gasteiger partial charge in [0.1, 0.15) is 16.5 Å². The second-order valence-electron chi connectivity index (χ2n) is 6.47. The van der Waals surface area contributed by atoms with E-state index in [1.165, 1.54) is 23.5 Å². The summed E-state index contributed by atoms with van der Waals surface area (Å²) in [7, 11) is 0. The molecular weight excluding hydrogens is 397 g/mol. The van der Waals surface area contributed by atoms with Crippen LogP contribution in [0.4, 0.5) is 4.39 Å². The van der Waals surface area contributed by atoms with E-state index in [0.717, 1.165) is 16.7 Å². The first-order valence-electron chi connectivity index (χ1n) is 8.77. The van der Waals surface area contributed by atoms with E-state index in [1.54, 1.807) is 12.1 Å². The summed E-state index contributed by atoms with van der Waals surface area (Å²) in [6.07, 6.45) is 0. The van der Waals surface area contributed by atoms with Crippen molar-refractivity contribution in [2.75, 3.05) is 0 Å². The van der Waals surface area contributed by atoms with Gasteiger partial charge >= 0.3 is 0 Å². The molecule has 4 aromatic rings. The molecule has 142 valence electrons. The molecule has 0 saturated carbocycles. The molecule has 0 spiro atoms. The first-order chi connectivity index (χ1) is 13.5. The average Bonchev–Trinajstić information content (AvgIpc) is 3.12. The number of halogens is 2. The molecule has 2 N–H and O–H groups in total. The number of hydrogen-bond donors (Lipinski definition) is 2. The van der Waals surface area contributed by atoms with Crippen LogP contribution in [-0.2, 0) is 6.54 Å². The van der Waals surface area contributed by atoms with Crippen molar-refractivity contribution in [2.24, 2.45) is 0 Å². The highest BCUT2D eigenvalue weighted by Crippen LogP contribution is 2.30. The maximum absolute atomic E-state index is 13.2. The summed E-state index contributed by atoms with van der Waals surface area (Å²) >= 11 is 7.64. The molecule has 0 unspecified atom stereocenters. The Kier molecular flexibility index (Phi) is 5.26. The van der Waals surface area contributed by atoms with Crippen LogP contribution < -0.4 is 10.9 Å². The van der Waals surface area contributed by atoms with Crippen LogP contribution in [0.1, 0.15) is 24.4 Å². The largest absolute Gasteiger partial charge is 0.309 e. The van der Waals surface area contributed by atoms with Crippen molar-refractivity contribution >= 4 is 33.2 Å². The van der Waals surface area contributed by atoms with Crippen molar-refractivity contribution in [1.82, 2.24) is 15.3 Å². The molecular formula is C21H17ClFN3OS. The molecule has 2 aromatic carbocycles. The lowest BCUT2D eigenvalue weighted by Gasteiger charge is -2.15. The third-order valence-corrected chi connectivity index (χ3v) is 5.81. The second-order valence-corrected chi connectivity index (χ2v) is 7.74. The van der Waals surface area contributed by atoms with Gasteiger partial charge in [-0.3, -0.25) is 4.79 Å². The van der Waals surface area contributed by atoms with Crippen LogP contribution in [0.2, 0.25) is 5.02 Å². The first kappa shape index (κ1) is 18.8. The maximum Gasteiger partial charge on any atom is 0.260 e. The molecule has 0 aliphatic carbocycles. The van der Waals surface area contributed by atoms with Gasteiger partial charge in [-0.05, 0) is 36.2 Å². The topological polar surface area (TPSA) is 57.8 Å². The predicted octanol–water partition coefficient (Wildman–Crippen LogP) is 5.29. The number of rotatable bonds is 5. The van der Waals surface area contributed by atoms with Crippen molar-refractivity contribution in [3.63, 3.8) is 0 Å². The number of aromatic nitrogens is 2. The predicted molar refractivity (Wildman–Crippen MR) is 112 cm³/mol. The lowest BCUT2D eigenvalue weighted by molar-refractivity contribution is 0.560. The Morgan fingerprint density at radius 3 is 2.71 bits per heavy atom. The van der Waals surface area contributed by atoms with Gasteiger partial charge < -0.3 is 10.3 Å². The molecule has 7 heteroatoms. The van der Waals surface area contributed by atoms with Crippen LogP contribution >= 0.6 is 22.9 Å². The smallest absolute Gasteiger partial charge is 0.260 e. The van der Waals surface area contributed by atoms with E-state index in [9.17, 15) is 9.18 Å². The van der Waals surface area contributed by atoms with Gasteiger partial charge in [-0.1, -0.05) is 41.9 Å². The second kappa shape index (κ2) is 7.83. The van der Waals surface area contributed by atoms with Gasteiger partial charge in [-0.25, -0.2) is 9.37 Å². The fourth-order valence-electron chi connectivity index (χ4n) is 3.11. The van der Waals surface area contributed by atoms with Crippen LogP contribution in [0.5, 0.6) is 0 Å². The number of benzene rings is 2. The van der Waals surface area contributed by atoms with E-state index in [2.05, 4.69) is 15.3 Å². The summed E-state index contributed by atoms with van der Waals surface area (Å²) in [5.74, 6) is 0.250. The van der Waals surface area contributed by atoms with Crippen LogP contribution in [0.25, 0.3) is 21.3 Å². The molecule has 0 bridgehead atoms. The zero-order chi connectivity index (χ0) is 19.7. The van der Waals surface area contributed by atoms with Crippen molar-refractivity contribution in [2.45, 2.75) is 19.5 Å². The fourth-order valence-corrected chi connectivity index (χ4v) is 4.37. The monoisotopic (exact) mass is 413 g/mol. The van der Waals surface area contributed by atoms with Crippen molar-refractivity contribution < 1.29 is 4.39 Å². The van der Waals surface area contributed by atoms with Crippen LogP contribution in [-0.4, -0.2) is 9.97 Å². The normalized spacial score (nSPS) is 12.4. The van der Waals surface area contributed by atoms with Gasteiger partial charge in [0.05, 0.1) is 11.9 Å². The summed E-state index contributed by atoms with van der Waals surface area (Å²) in [4.78, 5) is 20.8. The third kappa shape index (κ3) is 3.71. The lowest BCUT2D eigenvalue weighted by Crippen LogP contribution is -2.22. The maximum atomic E-state index is 13.2. The Labute approximate surface area is 170 Å². The van der Waals surface area contributed by atoms with Gasteiger partial charge in [0, 0.05) is 22.0 Å². The van der Waals surface area contributed by atoms with Gasteiger partial charge in [0.15, 0.2) is 0 Å². The minimum absolute atomic E-state index is 0.00723. The van der Waals surface area contributed by atoms with Crippen LogP contribution in [0.3, 0.4) is 0 Å². The summed E-state index contributed by atoms with van der Waals surface area (Å²) in [5.41, 5.74) is 2.34. The highest BCUT2D eigenvalue weighted by molar-refractivity contribution is 7.17. The number of nitrogens with zero attached hydrogens (tertiary/aromatic N) is 1. The van der Waals surface area contributed by atoms with Crippen molar-refractivity contribution in [1.29, 1.82) is 0 Å². The third-order valence-electron chi connectivity index (χ3n) is 4.60. The van der Waals surface area contributed by atoms with Gasteiger partial charge in [0.2, 0.25) is 0 Å². The average molecular weight is 414 g/mol. The molecule has 0 radical (unpaired) electrons. The molecule has 4 nitrogen and oxygen atoms in total. The summed E-state index contributed by atoms with van der Waals surface area (Å²) in [5, 5.41) is 6.44. The standard InChI is InChI=1S/C21H17ClFN3OS/c1-12(15-4-2-3-5-17(15)22)24-10-18-25-20(27)19-16(11-28-21(19)26-18)13-6-8-14(23)9-7-13/h2-9,11-12,24H,10H2,1H3,(H,25,26,27)/t12-/m0/s1. The first-order valence-corrected chi connectivity index (χ1v) is 10.0. The van der Waals surface area contributed by atoms with Crippen LogP contribution in [0.15, 0.2) is 58.7 Å². The highest BCUT2D eigenvalue weighted by atomic mass is 35.5. The van der Waals surface area contributed by atoms with Gasteiger partial charge in [-0.15, -0.1) is 11.3 Å². The fraction of sp³-hybridized carbons (Fsp3) is 0.143. The molecule has 1 atom stereocenters. The minimum atomic E-state index is -0.309. The van der Waals surface area contributed by atoms with Gasteiger partial charge in [0.25, 0.3) is 5.56 Å². The number of H-pyrrole nitrogens is 1. The number of nitrogens with one attached hydrogen (secondary N) is 2. The number of thiophene rings is 1. The quantitative estimate of drug-likeness (QED) is 0.467. The zero-order valence-electron chi connectivity index (χ0n) is 15.0. The Morgan fingerprint density at radius 1 is 1.21 bits per heavy atom. The molecule has 2 aromatic heterocycles. The summed E-state index contributed by atoms with van der Waals surface area (Å²) in [6, 6.07) is 13.7. The SMILES string of the molecule is C[C@H](NCc1nc2scc(-c3ccc(F)cc3)c2c(=O)[nH]1)c1ccccc1Cl. The van der Waals surface area contributed by atoms with Crippen LogP contribution in [0, 0.1) is 5.82 Å². The van der Waals surface area contributed by atoms with Gasteiger partial charge in [-0.2, -0.15) is 0 Å². The Bertz CT molecular complexity index is 1190. The molecule has 0 aliphatic rings. The zero-order valence-corrected chi connectivity index (χ0v) is 16.6. The Morgan fingerprint density at radius 2 is 1.96 bits per heavy atom.